The molecule has 1 unspecified atom stereocenters. The number of aromatic hydroxyl groups is 1. The van der Waals surface area contributed by atoms with E-state index in [2.05, 4.69) is 0 Å². The normalized spacial score (nSPS) is 12.1. The van der Waals surface area contributed by atoms with Crippen LogP contribution in [0.2, 0.25) is 0 Å². The Labute approximate surface area is 108 Å². The average Bonchev–Trinajstić information content (AvgIpc) is 2.35. The fraction of sp³-hybridized carbons (Fsp3) is 0.500. The van der Waals surface area contributed by atoms with E-state index in [1.807, 2.05) is 19.9 Å². The molecule has 0 spiro atoms. The Morgan fingerprint density at radius 1 is 1.39 bits per heavy atom. The minimum Gasteiger partial charge on any atom is -0.508 e. The van der Waals surface area contributed by atoms with Crippen molar-refractivity contribution >= 4 is 5.97 Å². The van der Waals surface area contributed by atoms with Gasteiger partial charge in [-0.15, -0.1) is 0 Å². The van der Waals surface area contributed by atoms with Gasteiger partial charge in [0, 0.05) is 13.0 Å². The summed E-state index contributed by atoms with van der Waals surface area (Å²) in [4.78, 5) is 11.8. The number of carbonyl (C=O) groups is 1. The van der Waals surface area contributed by atoms with E-state index >= 15 is 0 Å². The number of phenols is 1. The Balaban J connectivity index is 2.64. The number of hydrogen-bond donors (Lipinski definition) is 1. The molecule has 0 saturated heterocycles. The topological polar surface area (TPSA) is 55.8 Å². The minimum absolute atomic E-state index is 0.185. The third kappa shape index (κ3) is 4.75. The molecule has 1 atom stereocenters. The first kappa shape index (κ1) is 14.5. The molecule has 0 radical (unpaired) electrons. The van der Waals surface area contributed by atoms with Crippen LogP contribution in [0.3, 0.4) is 0 Å². The number of esters is 1. The van der Waals surface area contributed by atoms with Gasteiger partial charge in [-0.05, 0) is 31.0 Å². The summed E-state index contributed by atoms with van der Waals surface area (Å²) in [6.07, 6.45) is 0.588. The van der Waals surface area contributed by atoms with Gasteiger partial charge in [0.15, 0.2) is 6.10 Å². The van der Waals surface area contributed by atoms with Crippen molar-refractivity contribution in [1.82, 2.24) is 0 Å². The smallest absolute Gasteiger partial charge is 0.335 e. The van der Waals surface area contributed by atoms with Crippen LogP contribution in [0.4, 0.5) is 0 Å². The van der Waals surface area contributed by atoms with Crippen LogP contribution < -0.4 is 0 Å². The predicted molar refractivity (Wildman–Crippen MR) is 68.5 cm³/mol. The number of hydrogen-bond acceptors (Lipinski definition) is 4. The van der Waals surface area contributed by atoms with Crippen LogP contribution >= 0.6 is 0 Å². The van der Waals surface area contributed by atoms with Crippen molar-refractivity contribution in [3.8, 4) is 5.75 Å². The molecule has 1 aromatic carbocycles. The summed E-state index contributed by atoms with van der Waals surface area (Å²) in [6.45, 7) is 4.63. The molecule has 0 amide bonds. The molecule has 0 saturated carbocycles. The first-order chi connectivity index (χ1) is 8.67. The Bertz CT molecular complexity index is 376. The number of carbonyl (C=O) groups excluding carboxylic acids is 1. The van der Waals surface area contributed by atoms with E-state index in [0.717, 1.165) is 12.0 Å². The lowest BCUT2D eigenvalue weighted by atomic mass is 10.1. The van der Waals surface area contributed by atoms with Gasteiger partial charge in [0.2, 0.25) is 0 Å². The molecule has 1 rings (SSSR count). The molecule has 0 bridgehead atoms. The van der Waals surface area contributed by atoms with Gasteiger partial charge in [-0.1, -0.05) is 19.1 Å². The van der Waals surface area contributed by atoms with Crippen LogP contribution in [-0.2, 0) is 20.7 Å². The maximum Gasteiger partial charge on any atom is 0.335 e. The zero-order chi connectivity index (χ0) is 13.4. The second-order valence-electron chi connectivity index (χ2n) is 3.99. The highest BCUT2D eigenvalue weighted by molar-refractivity contribution is 5.75. The van der Waals surface area contributed by atoms with Crippen LogP contribution in [0.15, 0.2) is 24.3 Å². The van der Waals surface area contributed by atoms with E-state index < -0.39 is 6.10 Å². The Morgan fingerprint density at radius 2 is 2.17 bits per heavy atom. The largest absolute Gasteiger partial charge is 0.508 e. The lowest BCUT2D eigenvalue weighted by Gasteiger charge is -2.16. The summed E-state index contributed by atoms with van der Waals surface area (Å²) in [5.41, 5.74) is 0.849. The molecule has 0 aliphatic carbocycles. The standard InChI is InChI=1S/C14H20O4/c1-3-8-18-14(16)13(17-4-2)10-11-6-5-7-12(15)9-11/h5-7,9,13,15H,3-4,8,10H2,1-2H3. The van der Waals surface area contributed by atoms with Crippen molar-refractivity contribution in [1.29, 1.82) is 0 Å². The second-order valence-corrected chi connectivity index (χ2v) is 3.99. The fourth-order valence-corrected chi connectivity index (χ4v) is 1.60. The summed E-state index contributed by atoms with van der Waals surface area (Å²) in [6, 6.07) is 6.80. The molecular weight excluding hydrogens is 232 g/mol. The average molecular weight is 252 g/mol. The predicted octanol–water partition coefficient (Wildman–Crippen LogP) is 2.29. The van der Waals surface area contributed by atoms with Gasteiger partial charge in [-0.25, -0.2) is 4.79 Å². The fourth-order valence-electron chi connectivity index (χ4n) is 1.60. The van der Waals surface area contributed by atoms with Gasteiger partial charge in [0.25, 0.3) is 0 Å². The van der Waals surface area contributed by atoms with Gasteiger partial charge in [0.1, 0.15) is 5.75 Å². The monoisotopic (exact) mass is 252 g/mol. The van der Waals surface area contributed by atoms with E-state index in [1.54, 1.807) is 18.2 Å². The Kier molecular flexibility index (Phi) is 6.22. The molecule has 1 aromatic rings. The van der Waals surface area contributed by atoms with Crippen LogP contribution in [0, 0.1) is 0 Å². The van der Waals surface area contributed by atoms with Crippen LogP contribution in [0.25, 0.3) is 0 Å². The van der Waals surface area contributed by atoms with E-state index in [-0.39, 0.29) is 11.7 Å². The third-order valence-corrected chi connectivity index (χ3v) is 2.41. The summed E-state index contributed by atoms with van der Waals surface area (Å²) in [7, 11) is 0. The molecule has 0 aliphatic heterocycles. The minimum atomic E-state index is -0.608. The van der Waals surface area contributed by atoms with Crippen molar-refractivity contribution in [2.75, 3.05) is 13.2 Å². The van der Waals surface area contributed by atoms with Gasteiger partial charge in [0.05, 0.1) is 6.61 Å². The van der Waals surface area contributed by atoms with Crippen LogP contribution in [-0.4, -0.2) is 30.4 Å². The number of rotatable bonds is 7. The third-order valence-electron chi connectivity index (χ3n) is 2.41. The maximum absolute atomic E-state index is 11.8. The SMILES string of the molecule is CCCOC(=O)C(Cc1cccc(O)c1)OCC. The molecular formula is C14H20O4. The molecule has 0 aliphatic rings. The number of benzene rings is 1. The van der Waals surface area contributed by atoms with Crippen molar-refractivity contribution in [3.05, 3.63) is 29.8 Å². The van der Waals surface area contributed by atoms with Gasteiger partial charge >= 0.3 is 5.97 Å². The van der Waals surface area contributed by atoms with Gasteiger partial charge in [-0.2, -0.15) is 0 Å². The molecule has 0 fully saturated rings. The summed E-state index contributed by atoms with van der Waals surface area (Å²) < 4.78 is 10.5. The summed E-state index contributed by atoms with van der Waals surface area (Å²) >= 11 is 0. The van der Waals surface area contributed by atoms with Crippen molar-refractivity contribution in [2.45, 2.75) is 32.8 Å². The van der Waals surface area contributed by atoms with Crippen LogP contribution in [0.1, 0.15) is 25.8 Å². The van der Waals surface area contributed by atoms with Crippen LogP contribution in [0.5, 0.6) is 5.75 Å². The molecule has 1 N–H and O–H groups in total. The van der Waals surface area contributed by atoms with E-state index in [0.29, 0.717) is 19.6 Å². The van der Waals surface area contributed by atoms with E-state index in [9.17, 15) is 9.90 Å². The molecule has 18 heavy (non-hydrogen) atoms. The molecule has 0 aromatic heterocycles. The van der Waals surface area contributed by atoms with E-state index in [1.165, 1.54) is 0 Å². The summed E-state index contributed by atoms with van der Waals surface area (Å²) in [5.74, 6) is -0.160. The van der Waals surface area contributed by atoms with Gasteiger partial charge in [-0.3, -0.25) is 0 Å². The molecule has 4 nitrogen and oxygen atoms in total. The zero-order valence-corrected chi connectivity index (χ0v) is 10.9. The Hall–Kier alpha value is -1.55. The highest BCUT2D eigenvalue weighted by atomic mass is 16.6. The maximum atomic E-state index is 11.8. The number of phenolic OH excluding ortho intramolecular Hbond substituents is 1. The first-order valence-electron chi connectivity index (χ1n) is 6.23. The van der Waals surface area contributed by atoms with Crippen molar-refractivity contribution < 1.29 is 19.4 Å². The summed E-state index contributed by atoms with van der Waals surface area (Å²) in [5, 5.41) is 9.38. The van der Waals surface area contributed by atoms with Crippen molar-refractivity contribution in [2.24, 2.45) is 0 Å². The zero-order valence-electron chi connectivity index (χ0n) is 10.9. The molecule has 100 valence electrons. The molecule has 4 heteroatoms. The quantitative estimate of drug-likeness (QED) is 0.756. The molecule has 0 heterocycles. The van der Waals surface area contributed by atoms with E-state index in [4.69, 9.17) is 9.47 Å². The number of ether oxygens (including phenoxy) is 2. The van der Waals surface area contributed by atoms with Gasteiger partial charge < -0.3 is 14.6 Å². The Morgan fingerprint density at radius 3 is 2.78 bits per heavy atom. The second kappa shape index (κ2) is 7.71. The van der Waals surface area contributed by atoms with Crippen molar-refractivity contribution in [3.63, 3.8) is 0 Å². The highest BCUT2D eigenvalue weighted by Gasteiger charge is 2.20. The first-order valence-corrected chi connectivity index (χ1v) is 6.23. The lowest BCUT2D eigenvalue weighted by molar-refractivity contribution is -0.156. The lowest BCUT2D eigenvalue weighted by Crippen LogP contribution is -2.29. The highest BCUT2D eigenvalue weighted by Crippen LogP contribution is 2.14.